The van der Waals surface area contributed by atoms with Crippen molar-refractivity contribution in [3.8, 4) is 6.07 Å². The first-order chi connectivity index (χ1) is 12.1. The van der Waals surface area contributed by atoms with Gasteiger partial charge in [-0.1, -0.05) is 0 Å². The number of nitriles is 1. The second-order valence-corrected chi connectivity index (χ2v) is 6.54. The van der Waals surface area contributed by atoms with Crippen LogP contribution in [0.25, 0.3) is 0 Å². The molecule has 1 saturated heterocycles. The molecule has 2 aliphatic rings. The maximum Gasteiger partial charge on any atom is 0.307 e. The van der Waals surface area contributed by atoms with Gasteiger partial charge in [0.15, 0.2) is 0 Å². The zero-order chi connectivity index (χ0) is 18.0. The molecule has 7 heteroatoms. The van der Waals surface area contributed by atoms with Crippen LogP contribution in [0.1, 0.15) is 55.3 Å². The number of methoxy groups -OCH3 is 1. The smallest absolute Gasteiger partial charge is 0.307 e. The summed E-state index contributed by atoms with van der Waals surface area (Å²) in [7, 11) is 1.32. The van der Waals surface area contributed by atoms with E-state index < -0.39 is 6.04 Å². The predicted octanol–water partition coefficient (Wildman–Crippen LogP) is 1.32. The molecule has 1 aliphatic carbocycles. The highest BCUT2D eigenvalue weighted by Gasteiger charge is 2.36. The van der Waals surface area contributed by atoms with Gasteiger partial charge in [-0.05, 0) is 43.7 Å². The highest BCUT2D eigenvalue weighted by molar-refractivity contribution is 5.82. The van der Waals surface area contributed by atoms with Crippen LogP contribution in [-0.2, 0) is 14.3 Å². The SMILES string of the molecule is COC(=O)CCN1CCCC(n2c(C3CC3)ccc(C#N)c2=O)C1=O. The molecule has 1 atom stereocenters. The van der Waals surface area contributed by atoms with Crippen LogP contribution in [0.3, 0.4) is 0 Å². The molecule has 1 aromatic rings. The van der Waals surface area contributed by atoms with Gasteiger partial charge in [0.1, 0.15) is 17.7 Å². The summed E-state index contributed by atoms with van der Waals surface area (Å²) in [5, 5.41) is 9.17. The first-order valence-electron chi connectivity index (χ1n) is 8.58. The van der Waals surface area contributed by atoms with E-state index >= 15 is 0 Å². The quantitative estimate of drug-likeness (QED) is 0.752. The molecule has 0 radical (unpaired) electrons. The minimum Gasteiger partial charge on any atom is -0.469 e. The average molecular weight is 343 g/mol. The van der Waals surface area contributed by atoms with Gasteiger partial charge in [0.25, 0.3) is 5.56 Å². The van der Waals surface area contributed by atoms with Crippen molar-refractivity contribution < 1.29 is 14.3 Å². The molecule has 3 rings (SSSR count). The summed E-state index contributed by atoms with van der Waals surface area (Å²) < 4.78 is 6.16. The minimum absolute atomic E-state index is 0.0592. The number of aromatic nitrogens is 1. The van der Waals surface area contributed by atoms with Gasteiger partial charge < -0.3 is 9.64 Å². The van der Waals surface area contributed by atoms with E-state index in [4.69, 9.17) is 5.26 Å². The average Bonchev–Trinajstić information content (AvgIpc) is 3.45. The van der Waals surface area contributed by atoms with Crippen LogP contribution in [0.15, 0.2) is 16.9 Å². The first-order valence-corrected chi connectivity index (χ1v) is 8.58. The molecule has 25 heavy (non-hydrogen) atoms. The topological polar surface area (TPSA) is 92.4 Å². The Hall–Kier alpha value is -2.62. The van der Waals surface area contributed by atoms with Gasteiger partial charge in [-0.15, -0.1) is 0 Å². The van der Waals surface area contributed by atoms with Crippen molar-refractivity contribution in [3.05, 3.63) is 33.7 Å². The zero-order valence-electron chi connectivity index (χ0n) is 14.2. The minimum atomic E-state index is -0.595. The van der Waals surface area contributed by atoms with Gasteiger partial charge in [-0.3, -0.25) is 19.0 Å². The van der Waals surface area contributed by atoms with Crippen molar-refractivity contribution in [1.82, 2.24) is 9.47 Å². The predicted molar refractivity (Wildman–Crippen MR) is 88.9 cm³/mol. The Balaban J connectivity index is 1.90. The van der Waals surface area contributed by atoms with Crippen LogP contribution in [-0.4, -0.2) is 41.5 Å². The van der Waals surface area contributed by atoms with Crippen molar-refractivity contribution >= 4 is 11.9 Å². The number of ether oxygens (including phenoxy) is 1. The van der Waals surface area contributed by atoms with Gasteiger partial charge in [-0.2, -0.15) is 5.26 Å². The van der Waals surface area contributed by atoms with E-state index in [1.54, 1.807) is 17.0 Å². The van der Waals surface area contributed by atoms with E-state index in [2.05, 4.69) is 4.74 Å². The fourth-order valence-electron chi connectivity index (χ4n) is 3.40. The number of nitrogens with zero attached hydrogens (tertiary/aromatic N) is 3. The number of carbonyl (C=O) groups is 2. The number of amides is 1. The monoisotopic (exact) mass is 343 g/mol. The third kappa shape index (κ3) is 3.43. The largest absolute Gasteiger partial charge is 0.469 e. The number of hydrogen-bond donors (Lipinski definition) is 0. The summed E-state index contributed by atoms with van der Waals surface area (Å²) >= 11 is 0. The third-order valence-corrected chi connectivity index (χ3v) is 4.89. The summed E-state index contributed by atoms with van der Waals surface area (Å²) in [6.45, 7) is 0.852. The summed E-state index contributed by atoms with van der Waals surface area (Å²) in [6.07, 6.45) is 3.46. The molecule has 1 amide bonds. The normalized spacial score (nSPS) is 20.2. The molecule has 0 N–H and O–H groups in total. The van der Waals surface area contributed by atoms with Crippen LogP contribution in [0.2, 0.25) is 0 Å². The number of likely N-dealkylation sites (tertiary alicyclic amines) is 1. The molecule has 1 aromatic heterocycles. The number of pyridine rings is 1. The van der Waals surface area contributed by atoms with Gasteiger partial charge in [-0.25, -0.2) is 0 Å². The van der Waals surface area contributed by atoms with Gasteiger partial charge in [0.2, 0.25) is 5.91 Å². The Morgan fingerprint density at radius 1 is 1.32 bits per heavy atom. The van der Waals surface area contributed by atoms with Crippen LogP contribution < -0.4 is 5.56 Å². The molecule has 1 unspecified atom stereocenters. The van der Waals surface area contributed by atoms with Crippen molar-refractivity contribution in [2.24, 2.45) is 0 Å². The highest BCUT2D eigenvalue weighted by atomic mass is 16.5. The second-order valence-electron chi connectivity index (χ2n) is 6.54. The number of carbonyl (C=O) groups excluding carboxylic acids is 2. The maximum atomic E-state index is 12.9. The molecule has 0 spiro atoms. The molecule has 2 fully saturated rings. The second kappa shape index (κ2) is 7.09. The van der Waals surface area contributed by atoms with Gasteiger partial charge >= 0.3 is 5.97 Å². The molecule has 1 aliphatic heterocycles. The Labute approximate surface area is 145 Å². The highest BCUT2D eigenvalue weighted by Crippen LogP contribution is 2.41. The van der Waals surface area contributed by atoms with E-state index in [9.17, 15) is 14.4 Å². The van der Waals surface area contributed by atoms with E-state index in [1.807, 2.05) is 6.07 Å². The van der Waals surface area contributed by atoms with Crippen molar-refractivity contribution in [1.29, 1.82) is 5.26 Å². The number of piperidine rings is 1. The maximum absolute atomic E-state index is 12.9. The van der Waals surface area contributed by atoms with E-state index in [1.165, 1.54) is 11.7 Å². The van der Waals surface area contributed by atoms with Crippen molar-refractivity contribution in [2.45, 2.75) is 44.1 Å². The lowest BCUT2D eigenvalue weighted by Crippen LogP contribution is -2.46. The Kier molecular flexibility index (Phi) is 4.88. The number of hydrogen-bond acceptors (Lipinski definition) is 5. The number of esters is 1. The third-order valence-electron chi connectivity index (χ3n) is 4.89. The molecule has 0 aromatic carbocycles. The molecule has 0 bridgehead atoms. The fraction of sp³-hybridized carbons (Fsp3) is 0.556. The molecule has 132 valence electrons. The molecule has 1 saturated carbocycles. The molecule has 2 heterocycles. The Morgan fingerprint density at radius 3 is 2.72 bits per heavy atom. The lowest BCUT2D eigenvalue weighted by atomic mass is 10.0. The molecular weight excluding hydrogens is 322 g/mol. The van der Waals surface area contributed by atoms with Crippen LogP contribution in [0, 0.1) is 11.3 Å². The summed E-state index contributed by atoms with van der Waals surface area (Å²) in [4.78, 5) is 38.6. The molecular formula is C18H21N3O4. The summed E-state index contributed by atoms with van der Waals surface area (Å²) in [6, 6.07) is 4.68. The Morgan fingerprint density at radius 2 is 2.08 bits per heavy atom. The van der Waals surface area contributed by atoms with Crippen LogP contribution in [0.5, 0.6) is 0 Å². The van der Waals surface area contributed by atoms with Crippen molar-refractivity contribution in [3.63, 3.8) is 0 Å². The van der Waals surface area contributed by atoms with Crippen molar-refractivity contribution in [2.75, 3.05) is 20.2 Å². The fourth-order valence-corrected chi connectivity index (χ4v) is 3.40. The van der Waals surface area contributed by atoms with E-state index in [-0.39, 0.29) is 36.0 Å². The molecule has 7 nitrogen and oxygen atoms in total. The van der Waals surface area contributed by atoms with Gasteiger partial charge in [0, 0.05) is 18.8 Å². The lowest BCUT2D eigenvalue weighted by molar-refractivity contribution is -0.143. The van der Waals surface area contributed by atoms with Crippen LogP contribution >= 0.6 is 0 Å². The van der Waals surface area contributed by atoms with E-state index in [0.717, 1.165) is 25.0 Å². The zero-order valence-corrected chi connectivity index (χ0v) is 14.2. The number of rotatable bonds is 5. The summed E-state index contributed by atoms with van der Waals surface area (Å²) in [5.74, 6) is -0.231. The van der Waals surface area contributed by atoms with Gasteiger partial charge in [0.05, 0.1) is 13.5 Å². The summed E-state index contributed by atoms with van der Waals surface area (Å²) in [5.41, 5.74) is 0.515. The van der Waals surface area contributed by atoms with E-state index in [0.29, 0.717) is 18.9 Å². The lowest BCUT2D eigenvalue weighted by Gasteiger charge is -2.34. The Bertz CT molecular complexity index is 788. The standard InChI is InChI=1S/C18H21N3O4/c1-25-16(22)8-10-20-9-2-3-15(18(20)24)21-14(12-4-5-12)7-6-13(11-19)17(21)23/h6-7,12,15H,2-5,8-10H2,1H3. The van der Waals surface area contributed by atoms with Crippen LogP contribution in [0.4, 0.5) is 0 Å². The first kappa shape index (κ1) is 17.2.